The lowest BCUT2D eigenvalue weighted by atomic mass is 9.64. The molecule has 1 amide bonds. The first-order chi connectivity index (χ1) is 16.5. The molecule has 1 fully saturated rings. The third-order valence-electron chi connectivity index (χ3n) is 6.59. The van der Waals surface area contributed by atoms with E-state index in [0.717, 1.165) is 24.8 Å². The summed E-state index contributed by atoms with van der Waals surface area (Å²) in [5.41, 5.74) is 2.24. The van der Waals surface area contributed by atoms with E-state index in [1.54, 1.807) is 30.3 Å². The molecule has 0 radical (unpaired) electrons. The predicted molar refractivity (Wildman–Crippen MR) is 127 cm³/mol. The molecular formula is C26H26N2O5S. The fourth-order valence-corrected chi connectivity index (χ4v) is 5.49. The summed E-state index contributed by atoms with van der Waals surface area (Å²) >= 11 is 0. The fraction of sp³-hybridized carbons (Fsp3) is 0.269. The van der Waals surface area contributed by atoms with Gasteiger partial charge in [0.1, 0.15) is 0 Å². The maximum Gasteiger partial charge on any atom is 0.251 e. The van der Waals surface area contributed by atoms with Gasteiger partial charge in [-0.3, -0.25) is 4.79 Å². The summed E-state index contributed by atoms with van der Waals surface area (Å²) in [6.45, 7) is 0.774. The third-order valence-corrected chi connectivity index (χ3v) is 7.99. The molecule has 5 rings (SSSR count). The molecule has 7 nitrogen and oxygen atoms in total. The summed E-state index contributed by atoms with van der Waals surface area (Å²) in [4.78, 5) is 12.9. The van der Waals surface area contributed by atoms with Gasteiger partial charge in [0.05, 0.1) is 4.90 Å². The first-order valence-electron chi connectivity index (χ1n) is 11.3. The van der Waals surface area contributed by atoms with E-state index in [9.17, 15) is 13.2 Å². The Hall–Kier alpha value is -3.36. The molecule has 176 valence electrons. The first kappa shape index (κ1) is 22.4. The Morgan fingerprint density at radius 2 is 1.71 bits per heavy atom. The van der Waals surface area contributed by atoms with Gasteiger partial charge in [-0.2, -0.15) is 0 Å². The van der Waals surface area contributed by atoms with Crippen LogP contribution in [0.1, 0.15) is 40.7 Å². The van der Waals surface area contributed by atoms with Crippen LogP contribution in [0.15, 0.2) is 77.7 Å². The van der Waals surface area contributed by atoms with Gasteiger partial charge in [0.2, 0.25) is 16.8 Å². The predicted octanol–water partition coefficient (Wildman–Crippen LogP) is 3.75. The summed E-state index contributed by atoms with van der Waals surface area (Å²) in [7, 11) is -3.81. The van der Waals surface area contributed by atoms with Crippen LogP contribution in [0.25, 0.3) is 0 Å². The zero-order valence-corrected chi connectivity index (χ0v) is 19.4. The molecule has 0 unspecified atom stereocenters. The number of fused-ring (bicyclic) bond motifs is 1. The Bertz CT molecular complexity index is 1300. The van der Waals surface area contributed by atoms with Crippen molar-refractivity contribution in [2.75, 3.05) is 13.3 Å². The van der Waals surface area contributed by atoms with E-state index in [-0.39, 0.29) is 29.6 Å². The number of benzene rings is 3. The average molecular weight is 479 g/mol. The Kier molecular flexibility index (Phi) is 6.02. The van der Waals surface area contributed by atoms with E-state index >= 15 is 0 Å². The molecule has 0 spiro atoms. The molecule has 2 aliphatic rings. The van der Waals surface area contributed by atoms with Crippen LogP contribution in [-0.4, -0.2) is 27.7 Å². The Labute approximate surface area is 199 Å². The van der Waals surface area contributed by atoms with E-state index in [4.69, 9.17) is 9.47 Å². The van der Waals surface area contributed by atoms with Crippen molar-refractivity contribution >= 4 is 15.9 Å². The highest BCUT2D eigenvalue weighted by Crippen LogP contribution is 2.43. The van der Waals surface area contributed by atoms with Crippen LogP contribution >= 0.6 is 0 Å². The molecule has 1 saturated carbocycles. The lowest BCUT2D eigenvalue weighted by molar-refractivity contribution is 0.0927. The van der Waals surface area contributed by atoms with Crippen molar-refractivity contribution in [3.05, 3.63) is 89.5 Å². The largest absolute Gasteiger partial charge is 0.454 e. The van der Waals surface area contributed by atoms with Gasteiger partial charge in [-0.15, -0.1) is 0 Å². The number of nitrogens with one attached hydrogen (secondary N) is 2. The zero-order valence-electron chi connectivity index (χ0n) is 18.6. The van der Waals surface area contributed by atoms with E-state index < -0.39 is 10.0 Å². The molecular weight excluding hydrogens is 452 g/mol. The van der Waals surface area contributed by atoms with Crippen LogP contribution in [0.3, 0.4) is 0 Å². The van der Waals surface area contributed by atoms with Gasteiger partial charge in [-0.05, 0) is 54.3 Å². The normalized spacial score (nSPS) is 16.0. The number of hydrogen-bond acceptors (Lipinski definition) is 5. The number of carbonyl (C=O) groups excluding carboxylic acids is 1. The number of sulfonamides is 1. The summed E-state index contributed by atoms with van der Waals surface area (Å²) in [5.74, 6) is 0.950. The second-order valence-corrected chi connectivity index (χ2v) is 10.5. The number of amides is 1. The molecule has 3 aromatic rings. The van der Waals surface area contributed by atoms with Crippen molar-refractivity contribution in [2.24, 2.45) is 0 Å². The molecule has 0 saturated heterocycles. The van der Waals surface area contributed by atoms with E-state index in [1.165, 1.54) is 17.7 Å². The number of rotatable bonds is 8. The third kappa shape index (κ3) is 4.51. The Balaban J connectivity index is 1.24. The number of carbonyl (C=O) groups is 1. The van der Waals surface area contributed by atoms with E-state index in [1.807, 2.05) is 18.2 Å². The van der Waals surface area contributed by atoms with Crippen LogP contribution in [0, 0.1) is 0 Å². The van der Waals surface area contributed by atoms with Crippen molar-refractivity contribution in [3.63, 3.8) is 0 Å². The number of ether oxygens (including phenoxy) is 2. The minimum atomic E-state index is -3.81. The molecule has 1 heterocycles. The molecule has 0 aromatic heterocycles. The zero-order chi connectivity index (χ0) is 23.6. The minimum absolute atomic E-state index is 0.0438. The Morgan fingerprint density at radius 1 is 0.912 bits per heavy atom. The van der Waals surface area contributed by atoms with Gasteiger partial charge >= 0.3 is 0 Å². The maximum absolute atomic E-state index is 12.9. The topological polar surface area (TPSA) is 93.7 Å². The lowest BCUT2D eigenvalue weighted by Crippen LogP contribution is -2.45. The fourth-order valence-electron chi connectivity index (χ4n) is 4.43. The Morgan fingerprint density at radius 3 is 2.47 bits per heavy atom. The van der Waals surface area contributed by atoms with Gasteiger partial charge in [-0.25, -0.2) is 13.1 Å². The second-order valence-electron chi connectivity index (χ2n) is 8.72. The van der Waals surface area contributed by atoms with Crippen LogP contribution in [0.4, 0.5) is 0 Å². The van der Waals surface area contributed by atoms with Crippen molar-refractivity contribution in [1.29, 1.82) is 0 Å². The smallest absolute Gasteiger partial charge is 0.251 e. The molecule has 0 atom stereocenters. The van der Waals surface area contributed by atoms with Gasteiger partial charge in [-0.1, -0.05) is 48.9 Å². The summed E-state index contributed by atoms with van der Waals surface area (Å²) in [5, 5.41) is 3.02. The second kappa shape index (κ2) is 9.12. The van der Waals surface area contributed by atoms with Crippen molar-refractivity contribution in [2.45, 2.75) is 36.1 Å². The van der Waals surface area contributed by atoms with E-state index in [2.05, 4.69) is 22.2 Å². The highest BCUT2D eigenvalue weighted by atomic mass is 32.2. The van der Waals surface area contributed by atoms with Crippen LogP contribution < -0.4 is 19.5 Å². The quantitative estimate of drug-likeness (QED) is 0.514. The molecule has 1 aliphatic carbocycles. The van der Waals surface area contributed by atoms with Gasteiger partial charge < -0.3 is 14.8 Å². The van der Waals surface area contributed by atoms with Gasteiger partial charge in [0, 0.05) is 24.1 Å². The summed E-state index contributed by atoms with van der Waals surface area (Å²) in [6, 6.07) is 21.6. The monoisotopic (exact) mass is 478 g/mol. The van der Waals surface area contributed by atoms with Crippen molar-refractivity contribution < 1.29 is 22.7 Å². The van der Waals surface area contributed by atoms with Crippen LogP contribution in [0.2, 0.25) is 0 Å². The van der Waals surface area contributed by atoms with Gasteiger partial charge in [0.25, 0.3) is 5.91 Å². The molecule has 8 heteroatoms. The molecule has 3 aromatic carbocycles. The first-order valence-corrected chi connectivity index (χ1v) is 12.8. The standard InChI is InChI=1S/C26H26N2O5S/c29-25(27-17-26(12-5-13-26)21-7-2-1-3-8-21)20-6-4-9-22(15-20)34(30,31)28-16-19-10-11-23-24(14-19)33-18-32-23/h1-4,6-11,14-15,28H,5,12-13,16-18H2,(H,27,29). The van der Waals surface area contributed by atoms with E-state index in [0.29, 0.717) is 23.6 Å². The SMILES string of the molecule is O=C(NCC1(c2ccccc2)CCC1)c1cccc(S(=O)(=O)NCc2ccc3c(c2)OCO3)c1. The molecule has 1 aliphatic heterocycles. The van der Waals surface area contributed by atoms with Crippen molar-refractivity contribution in [3.8, 4) is 11.5 Å². The maximum atomic E-state index is 12.9. The van der Waals surface area contributed by atoms with Crippen molar-refractivity contribution in [1.82, 2.24) is 10.0 Å². The molecule has 0 bridgehead atoms. The van der Waals surface area contributed by atoms with Gasteiger partial charge in [0.15, 0.2) is 11.5 Å². The van der Waals surface area contributed by atoms with Crippen LogP contribution in [-0.2, 0) is 22.0 Å². The molecule has 34 heavy (non-hydrogen) atoms. The molecule has 2 N–H and O–H groups in total. The summed E-state index contributed by atoms with van der Waals surface area (Å²) < 4.78 is 39.0. The highest BCUT2D eigenvalue weighted by molar-refractivity contribution is 7.89. The summed E-state index contributed by atoms with van der Waals surface area (Å²) in [6.07, 6.45) is 3.18. The van der Waals surface area contributed by atoms with Crippen LogP contribution in [0.5, 0.6) is 11.5 Å². The number of hydrogen-bond donors (Lipinski definition) is 2. The average Bonchev–Trinajstić information content (AvgIpc) is 3.31. The lowest BCUT2D eigenvalue weighted by Gasteiger charge is -2.42. The minimum Gasteiger partial charge on any atom is -0.454 e. The highest BCUT2D eigenvalue weighted by Gasteiger charge is 2.38.